The minimum atomic E-state index is -0.480. The molecule has 0 aromatic carbocycles. The van der Waals surface area contributed by atoms with Gasteiger partial charge in [0.15, 0.2) is 0 Å². The Morgan fingerprint density at radius 1 is 1.18 bits per heavy atom. The van der Waals surface area contributed by atoms with Crippen molar-refractivity contribution in [2.75, 3.05) is 7.05 Å². The Balaban J connectivity index is 1.82. The fraction of sp³-hybridized carbons (Fsp3) is 0.833. The average Bonchev–Trinajstić information content (AvgIpc) is 2.04. The molecule has 96 valence electrons. The van der Waals surface area contributed by atoms with Crippen molar-refractivity contribution in [2.24, 2.45) is 5.41 Å². The molecule has 3 saturated carbocycles. The molecule has 0 aliphatic heterocycles. The number of carbonyl (C=O) groups is 2. The first-order valence-corrected chi connectivity index (χ1v) is 5.94. The number of alkyl carbamates (subject to hydrolysis) is 1. The molecule has 17 heavy (non-hydrogen) atoms. The van der Waals surface area contributed by atoms with Crippen LogP contribution in [0.4, 0.5) is 4.79 Å². The zero-order chi connectivity index (χ0) is 12.9. The maximum absolute atomic E-state index is 11.6. The van der Waals surface area contributed by atoms with Gasteiger partial charge in [-0.1, -0.05) is 0 Å². The Hall–Kier alpha value is -1.26. The van der Waals surface area contributed by atoms with Gasteiger partial charge in [0, 0.05) is 12.6 Å². The van der Waals surface area contributed by atoms with Gasteiger partial charge in [0.2, 0.25) is 5.91 Å². The molecular formula is C12H20N2O3. The van der Waals surface area contributed by atoms with Crippen molar-refractivity contribution >= 4 is 12.0 Å². The SMILES string of the molecule is CNC(=O)C12CC(NC(=O)OC(C)(C)C)(C1)C2. The standard InChI is InChI=1S/C12H20N2O3/c1-10(2,3)17-9(16)14-12-5-11(6-12,7-12)8(15)13-4/h5-7H2,1-4H3,(H,13,15)(H,14,16). The van der Waals surface area contributed by atoms with E-state index in [0.29, 0.717) is 0 Å². The quantitative estimate of drug-likeness (QED) is 0.761. The average molecular weight is 240 g/mol. The molecule has 0 heterocycles. The van der Waals surface area contributed by atoms with Crippen LogP contribution in [0, 0.1) is 5.41 Å². The Morgan fingerprint density at radius 2 is 1.71 bits per heavy atom. The van der Waals surface area contributed by atoms with Gasteiger partial charge < -0.3 is 15.4 Å². The number of ether oxygens (including phenoxy) is 1. The van der Waals surface area contributed by atoms with Gasteiger partial charge >= 0.3 is 6.09 Å². The summed E-state index contributed by atoms with van der Waals surface area (Å²) < 4.78 is 5.20. The van der Waals surface area contributed by atoms with Crippen LogP contribution in [0.3, 0.4) is 0 Å². The van der Waals surface area contributed by atoms with Gasteiger partial charge in [-0.15, -0.1) is 0 Å². The summed E-state index contributed by atoms with van der Waals surface area (Å²) in [7, 11) is 1.65. The maximum atomic E-state index is 11.6. The molecule has 5 heteroatoms. The maximum Gasteiger partial charge on any atom is 0.408 e. The van der Waals surface area contributed by atoms with Gasteiger partial charge in [0.25, 0.3) is 0 Å². The molecule has 0 saturated heterocycles. The molecule has 3 rings (SSSR count). The van der Waals surface area contributed by atoms with E-state index >= 15 is 0 Å². The van der Waals surface area contributed by atoms with Crippen LogP contribution >= 0.6 is 0 Å². The third kappa shape index (κ3) is 1.98. The molecule has 0 atom stereocenters. The highest BCUT2D eigenvalue weighted by Gasteiger charge is 2.72. The van der Waals surface area contributed by atoms with Crippen molar-refractivity contribution in [2.45, 2.75) is 51.2 Å². The summed E-state index contributed by atoms with van der Waals surface area (Å²) in [4.78, 5) is 23.2. The zero-order valence-electron chi connectivity index (χ0n) is 10.8. The largest absolute Gasteiger partial charge is 0.444 e. The molecule has 3 fully saturated rings. The summed E-state index contributed by atoms with van der Waals surface area (Å²) in [6.45, 7) is 5.50. The highest BCUT2D eigenvalue weighted by molar-refractivity contribution is 5.87. The van der Waals surface area contributed by atoms with Gasteiger partial charge in [-0.2, -0.15) is 0 Å². The number of nitrogens with one attached hydrogen (secondary N) is 2. The summed E-state index contributed by atoms with van der Waals surface area (Å²) >= 11 is 0. The summed E-state index contributed by atoms with van der Waals surface area (Å²) in [6.07, 6.45) is 1.82. The topological polar surface area (TPSA) is 67.4 Å². The van der Waals surface area contributed by atoms with E-state index in [-0.39, 0.29) is 23.0 Å². The van der Waals surface area contributed by atoms with E-state index in [1.807, 2.05) is 20.8 Å². The fourth-order valence-corrected chi connectivity index (χ4v) is 2.95. The lowest BCUT2D eigenvalue weighted by Gasteiger charge is -2.68. The molecule has 0 unspecified atom stereocenters. The molecule has 3 aliphatic rings. The van der Waals surface area contributed by atoms with Gasteiger partial charge in [-0.05, 0) is 40.0 Å². The minimum absolute atomic E-state index is 0.0883. The minimum Gasteiger partial charge on any atom is -0.444 e. The number of amides is 2. The van der Waals surface area contributed by atoms with Gasteiger partial charge in [-0.25, -0.2) is 4.79 Å². The predicted octanol–water partition coefficient (Wildman–Crippen LogP) is 1.18. The van der Waals surface area contributed by atoms with E-state index in [1.165, 1.54) is 0 Å². The van der Waals surface area contributed by atoms with Crippen LogP contribution in [0.25, 0.3) is 0 Å². The van der Waals surface area contributed by atoms with Crippen LogP contribution in [-0.2, 0) is 9.53 Å². The highest BCUT2D eigenvalue weighted by atomic mass is 16.6. The molecule has 0 radical (unpaired) electrons. The molecule has 2 amide bonds. The van der Waals surface area contributed by atoms with Crippen molar-refractivity contribution in [3.63, 3.8) is 0 Å². The second-order valence-corrected chi connectivity index (χ2v) is 6.30. The monoisotopic (exact) mass is 240 g/mol. The van der Waals surface area contributed by atoms with E-state index in [9.17, 15) is 9.59 Å². The number of hydrogen-bond donors (Lipinski definition) is 2. The smallest absolute Gasteiger partial charge is 0.408 e. The molecule has 0 aromatic heterocycles. The van der Waals surface area contributed by atoms with E-state index in [0.717, 1.165) is 19.3 Å². The van der Waals surface area contributed by atoms with Gasteiger partial charge in [-0.3, -0.25) is 4.79 Å². The lowest BCUT2D eigenvalue weighted by Crippen LogP contribution is -2.78. The summed E-state index contributed by atoms with van der Waals surface area (Å²) in [6, 6.07) is 0. The van der Waals surface area contributed by atoms with E-state index in [2.05, 4.69) is 10.6 Å². The molecule has 5 nitrogen and oxygen atoms in total. The summed E-state index contributed by atoms with van der Waals surface area (Å²) in [5.41, 5.74) is -0.884. The van der Waals surface area contributed by atoms with Crippen LogP contribution in [0.1, 0.15) is 40.0 Å². The first-order valence-electron chi connectivity index (χ1n) is 5.94. The van der Waals surface area contributed by atoms with E-state index in [1.54, 1.807) is 7.05 Å². The van der Waals surface area contributed by atoms with Crippen LogP contribution in [0.15, 0.2) is 0 Å². The number of hydrogen-bond acceptors (Lipinski definition) is 3. The second-order valence-electron chi connectivity index (χ2n) is 6.30. The van der Waals surface area contributed by atoms with Crippen molar-refractivity contribution < 1.29 is 14.3 Å². The molecule has 2 bridgehead atoms. The van der Waals surface area contributed by atoms with Crippen LogP contribution in [0.2, 0.25) is 0 Å². The van der Waals surface area contributed by atoms with Crippen molar-refractivity contribution in [1.29, 1.82) is 0 Å². The third-order valence-corrected chi connectivity index (χ3v) is 3.51. The summed E-state index contributed by atoms with van der Waals surface area (Å²) in [5, 5.41) is 5.55. The first-order chi connectivity index (χ1) is 7.70. The van der Waals surface area contributed by atoms with E-state index in [4.69, 9.17) is 4.74 Å². The second kappa shape index (κ2) is 3.37. The van der Waals surface area contributed by atoms with Gasteiger partial charge in [0.1, 0.15) is 5.60 Å². The predicted molar refractivity (Wildman–Crippen MR) is 62.5 cm³/mol. The Bertz CT molecular complexity index is 351. The lowest BCUT2D eigenvalue weighted by molar-refractivity contribution is -0.179. The Labute approximate surface area is 101 Å². The first kappa shape index (κ1) is 12.2. The molecule has 3 aliphatic carbocycles. The molecule has 2 N–H and O–H groups in total. The third-order valence-electron chi connectivity index (χ3n) is 3.51. The molecular weight excluding hydrogens is 220 g/mol. The number of carbonyl (C=O) groups excluding carboxylic acids is 2. The highest BCUT2D eigenvalue weighted by Crippen LogP contribution is 2.67. The van der Waals surface area contributed by atoms with Crippen LogP contribution < -0.4 is 10.6 Å². The Morgan fingerprint density at radius 3 is 2.12 bits per heavy atom. The van der Waals surface area contributed by atoms with Crippen molar-refractivity contribution in [1.82, 2.24) is 10.6 Å². The number of rotatable bonds is 2. The van der Waals surface area contributed by atoms with Crippen LogP contribution in [0.5, 0.6) is 0 Å². The molecule has 0 spiro atoms. The molecule has 0 aromatic rings. The lowest BCUT2D eigenvalue weighted by atomic mass is 9.39. The fourth-order valence-electron chi connectivity index (χ4n) is 2.95. The summed E-state index contributed by atoms with van der Waals surface area (Å²) in [5.74, 6) is 0.0883. The van der Waals surface area contributed by atoms with Crippen molar-refractivity contribution in [3.05, 3.63) is 0 Å². The van der Waals surface area contributed by atoms with E-state index < -0.39 is 5.60 Å². The zero-order valence-corrected chi connectivity index (χ0v) is 10.8. The normalized spacial score (nSPS) is 34.1. The van der Waals surface area contributed by atoms with Crippen LogP contribution in [-0.4, -0.2) is 30.2 Å². The Kier molecular flexibility index (Phi) is 2.42. The van der Waals surface area contributed by atoms with Crippen molar-refractivity contribution in [3.8, 4) is 0 Å². The van der Waals surface area contributed by atoms with Gasteiger partial charge in [0.05, 0.1) is 5.41 Å².